The zero-order valence-corrected chi connectivity index (χ0v) is 13.2. The summed E-state index contributed by atoms with van der Waals surface area (Å²) in [7, 11) is 0. The van der Waals surface area contributed by atoms with Gasteiger partial charge in [0, 0.05) is 19.1 Å². The van der Waals surface area contributed by atoms with Crippen LogP contribution in [-0.4, -0.2) is 30.6 Å². The predicted octanol–water partition coefficient (Wildman–Crippen LogP) is 3.53. The smallest absolute Gasteiger partial charge is 0.0233 e. The highest BCUT2D eigenvalue weighted by Crippen LogP contribution is 2.23. The molecule has 1 N–H and O–H groups in total. The van der Waals surface area contributed by atoms with E-state index in [2.05, 4.69) is 75.2 Å². The highest BCUT2D eigenvalue weighted by atomic mass is 15.1. The van der Waals surface area contributed by atoms with Crippen molar-refractivity contribution in [3.05, 3.63) is 35.9 Å². The Labute approximate surface area is 119 Å². The van der Waals surface area contributed by atoms with Crippen molar-refractivity contribution in [2.75, 3.05) is 19.6 Å². The molecule has 1 atom stereocenters. The first kappa shape index (κ1) is 16.2. The molecule has 1 aromatic rings. The number of hydrogen-bond acceptors (Lipinski definition) is 2. The highest BCUT2D eigenvalue weighted by Gasteiger charge is 2.27. The molecule has 2 nitrogen and oxygen atoms in total. The van der Waals surface area contributed by atoms with Gasteiger partial charge in [-0.05, 0) is 31.0 Å². The lowest BCUT2D eigenvalue weighted by Gasteiger charge is -2.37. The Morgan fingerprint density at radius 1 is 1.16 bits per heavy atom. The molecular weight excluding hydrogens is 232 g/mol. The predicted molar refractivity (Wildman–Crippen MR) is 84.3 cm³/mol. The molecule has 1 aromatic carbocycles. The molecule has 0 radical (unpaired) electrons. The number of benzene rings is 1. The number of rotatable bonds is 8. The van der Waals surface area contributed by atoms with Gasteiger partial charge in [0.25, 0.3) is 0 Å². The van der Waals surface area contributed by atoms with Gasteiger partial charge >= 0.3 is 0 Å². The minimum atomic E-state index is 0.279. The van der Waals surface area contributed by atoms with Gasteiger partial charge in [0.2, 0.25) is 0 Å². The van der Waals surface area contributed by atoms with E-state index in [1.165, 1.54) is 5.56 Å². The van der Waals surface area contributed by atoms with E-state index >= 15 is 0 Å². The van der Waals surface area contributed by atoms with Gasteiger partial charge in [0.15, 0.2) is 0 Å². The van der Waals surface area contributed by atoms with Gasteiger partial charge in [-0.1, -0.05) is 58.0 Å². The maximum atomic E-state index is 3.55. The number of nitrogens with one attached hydrogen (secondary N) is 1. The third-order valence-corrected chi connectivity index (χ3v) is 4.01. The largest absolute Gasteiger partial charge is 0.314 e. The molecule has 0 fully saturated rings. The fourth-order valence-corrected chi connectivity index (χ4v) is 2.42. The summed E-state index contributed by atoms with van der Waals surface area (Å²) in [5.74, 6) is 0. The Balaban J connectivity index is 2.61. The molecule has 0 aliphatic heterocycles. The standard InChI is InChI=1S/C17H30N2/c1-6-18-15(3)17(4,5)14-19(7-2)13-16-11-9-8-10-12-16/h8-12,15,18H,6-7,13-14H2,1-5H3. The van der Waals surface area contributed by atoms with Crippen LogP contribution in [0.1, 0.15) is 40.2 Å². The topological polar surface area (TPSA) is 15.3 Å². The Bertz CT molecular complexity index is 346. The first-order chi connectivity index (χ1) is 8.99. The molecule has 108 valence electrons. The molecule has 0 aliphatic carbocycles. The molecule has 19 heavy (non-hydrogen) atoms. The van der Waals surface area contributed by atoms with E-state index in [4.69, 9.17) is 0 Å². The second-order valence-corrected chi connectivity index (χ2v) is 6.06. The molecule has 0 bridgehead atoms. The monoisotopic (exact) mass is 262 g/mol. The van der Waals surface area contributed by atoms with E-state index < -0.39 is 0 Å². The second-order valence-electron chi connectivity index (χ2n) is 6.06. The zero-order chi connectivity index (χ0) is 14.3. The van der Waals surface area contributed by atoms with Gasteiger partial charge in [-0.25, -0.2) is 0 Å². The normalized spacial score (nSPS) is 13.8. The van der Waals surface area contributed by atoms with Gasteiger partial charge in [0.1, 0.15) is 0 Å². The average Bonchev–Trinajstić information content (AvgIpc) is 2.39. The van der Waals surface area contributed by atoms with E-state index in [1.54, 1.807) is 0 Å². The van der Waals surface area contributed by atoms with Crippen LogP contribution in [0, 0.1) is 5.41 Å². The van der Waals surface area contributed by atoms with Crippen molar-refractivity contribution in [2.45, 2.75) is 47.2 Å². The minimum absolute atomic E-state index is 0.279. The highest BCUT2D eigenvalue weighted by molar-refractivity contribution is 5.14. The van der Waals surface area contributed by atoms with Crippen molar-refractivity contribution in [3.63, 3.8) is 0 Å². The molecular formula is C17H30N2. The first-order valence-electron chi connectivity index (χ1n) is 7.49. The minimum Gasteiger partial charge on any atom is -0.314 e. The van der Waals surface area contributed by atoms with Crippen molar-refractivity contribution < 1.29 is 0 Å². The summed E-state index contributed by atoms with van der Waals surface area (Å²) in [6.45, 7) is 15.7. The number of hydrogen-bond donors (Lipinski definition) is 1. The molecule has 1 rings (SSSR count). The van der Waals surface area contributed by atoms with Crippen LogP contribution in [0.3, 0.4) is 0 Å². The van der Waals surface area contributed by atoms with Crippen LogP contribution in [0.25, 0.3) is 0 Å². The Morgan fingerprint density at radius 2 is 1.79 bits per heavy atom. The van der Waals surface area contributed by atoms with E-state index in [9.17, 15) is 0 Å². The van der Waals surface area contributed by atoms with Crippen LogP contribution in [0.5, 0.6) is 0 Å². The Hall–Kier alpha value is -0.860. The summed E-state index contributed by atoms with van der Waals surface area (Å²) in [5, 5.41) is 3.55. The lowest BCUT2D eigenvalue weighted by atomic mass is 9.84. The first-order valence-corrected chi connectivity index (χ1v) is 7.49. The molecule has 2 heteroatoms. The van der Waals surface area contributed by atoms with Gasteiger partial charge in [0.05, 0.1) is 0 Å². The quantitative estimate of drug-likeness (QED) is 0.771. The third-order valence-electron chi connectivity index (χ3n) is 4.01. The maximum absolute atomic E-state index is 3.55. The van der Waals surface area contributed by atoms with Crippen LogP contribution < -0.4 is 5.32 Å². The van der Waals surface area contributed by atoms with Gasteiger partial charge in [-0.15, -0.1) is 0 Å². The fourth-order valence-electron chi connectivity index (χ4n) is 2.42. The Morgan fingerprint density at radius 3 is 2.32 bits per heavy atom. The summed E-state index contributed by atoms with van der Waals surface area (Å²) >= 11 is 0. The number of nitrogens with zero attached hydrogens (tertiary/aromatic N) is 1. The summed E-state index contributed by atoms with van der Waals surface area (Å²) in [5.41, 5.74) is 1.68. The molecule has 0 saturated carbocycles. The SMILES string of the molecule is CCNC(C)C(C)(C)CN(CC)Cc1ccccc1. The molecule has 1 unspecified atom stereocenters. The summed E-state index contributed by atoms with van der Waals surface area (Å²) in [6.07, 6.45) is 0. The molecule has 0 saturated heterocycles. The maximum Gasteiger partial charge on any atom is 0.0233 e. The van der Waals surface area contributed by atoms with Gasteiger partial charge in [-0.2, -0.15) is 0 Å². The molecule has 0 aromatic heterocycles. The molecule has 0 spiro atoms. The van der Waals surface area contributed by atoms with Crippen molar-refractivity contribution in [2.24, 2.45) is 5.41 Å². The summed E-state index contributed by atoms with van der Waals surface area (Å²) in [6, 6.07) is 11.3. The van der Waals surface area contributed by atoms with Crippen LogP contribution in [0.2, 0.25) is 0 Å². The van der Waals surface area contributed by atoms with Gasteiger partial charge < -0.3 is 5.32 Å². The zero-order valence-electron chi connectivity index (χ0n) is 13.2. The van der Waals surface area contributed by atoms with Crippen molar-refractivity contribution in [1.29, 1.82) is 0 Å². The third kappa shape index (κ3) is 5.33. The van der Waals surface area contributed by atoms with Crippen LogP contribution in [-0.2, 0) is 6.54 Å². The van der Waals surface area contributed by atoms with Crippen molar-refractivity contribution in [3.8, 4) is 0 Å². The second kappa shape index (κ2) is 7.66. The fraction of sp³-hybridized carbons (Fsp3) is 0.647. The molecule has 0 heterocycles. The summed E-state index contributed by atoms with van der Waals surface area (Å²) < 4.78 is 0. The van der Waals surface area contributed by atoms with Crippen LogP contribution in [0.4, 0.5) is 0 Å². The van der Waals surface area contributed by atoms with Crippen molar-refractivity contribution in [1.82, 2.24) is 10.2 Å². The van der Waals surface area contributed by atoms with E-state index in [1.807, 2.05) is 0 Å². The Kier molecular flexibility index (Phi) is 6.53. The summed E-state index contributed by atoms with van der Waals surface area (Å²) in [4.78, 5) is 2.53. The lowest BCUT2D eigenvalue weighted by Crippen LogP contribution is -2.46. The average molecular weight is 262 g/mol. The van der Waals surface area contributed by atoms with Crippen LogP contribution in [0.15, 0.2) is 30.3 Å². The van der Waals surface area contributed by atoms with Gasteiger partial charge in [-0.3, -0.25) is 4.90 Å². The molecule has 0 aliphatic rings. The van der Waals surface area contributed by atoms with E-state index in [-0.39, 0.29) is 5.41 Å². The lowest BCUT2D eigenvalue weighted by molar-refractivity contribution is 0.143. The van der Waals surface area contributed by atoms with Crippen molar-refractivity contribution >= 4 is 0 Å². The molecule has 0 amide bonds. The van der Waals surface area contributed by atoms with E-state index in [0.29, 0.717) is 6.04 Å². The van der Waals surface area contributed by atoms with Crippen LogP contribution >= 0.6 is 0 Å². The van der Waals surface area contributed by atoms with E-state index in [0.717, 1.165) is 26.2 Å².